The van der Waals surface area contributed by atoms with Gasteiger partial charge in [0.1, 0.15) is 11.5 Å². The van der Waals surface area contributed by atoms with E-state index in [1.54, 1.807) is 0 Å². The van der Waals surface area contributed by atoms with Crippen molar-refractivity contribution >= 4 is 17.6 Å². The molecule has 0 fully saturated rings. The number of hydrogen-bond acceptors (Lipinski definition) is 5. The van der Waals surface area contributed by atoms with E-state index >= 15 is 0 Å². The Morgan fingerprint density at radius 2 is 1.90 bits per heavy atom. The summed E-state index contributed by atoms with van der Waals surface area (Å²) in [5.41, 5.74) is 0.627. The lowest BCUT2D eigenvalue weighted by Gasteiger charge is -2.07. The highest BCUT2D eigenvalue weighted by Crippen LogP contribution is 2.23. The minimum atomic E-state index is -0.996. The third kappa shape index (κ3) is 3.69. The lowest BCUT2D eigenvalue weighted by molar-refractivity contribution is -0.136. The van der Waals surface area contributed by atoms with Crippen LogP contribution >= 0.6 is 0 Å². The molecule has 21 heavy (non-hydrogen) atoms. The van der Waals surface area contributed by atoms with Gasteiger partial charge >= 0.3 is 5.97 Å². The number of carboxylic acid groups (broad SMARTS) is 1. The second-order valence-corrected chi connectivity index (χ2v) is 4.26. The Kier molecular flexibility index (Phi) is 4.03. The van der Waals surface area contributed by atoms with E-state index in [0.717, 1.165) is 6.07 Å². The van der Waals surface area contributed by atoms with Crippen LogP contribution in [0.1, 0.15) is 16.1 Å². The number of anilines is 1. The maximum atomic E-state index is 11.9. The van der Waals surface area contributed by atoms with Gasteiger partial charge in [-0.15, -0.1) is 0 Å². The van der Waals surface area contributed by atoms with Crippen molar-refractivity contribution in [2.24, 2.45) is 0 Å². The monoisotopic (exact) mass is 288 g/mol. The lowest BCUT2D eigenvalue weighted by Crippen LogP contribution is -2.12. The van der Waals surface area contributed by atoms with Gasteiger partial charge in [-0.2, -0.15) is 0 Å². The fourth-order valence-electron chi connectivity index (χ4n) is 1.66. The van der Waals surface area contributed by atoms with E-state index in [-0.39, 0.29) is 23.5 Å². The van der Waals surface area contributed by atoms with Crippen LogP contribution in [0.5, 0.6) is 11.5 Å². The van der Waals surface area contributed by atoms with E-state index in [0.29, 0.717) is 11.4 Å². The van der Waals surface area contributed by atoms with Crippen LogP contribution in [0.25, 0.3) is 0 Å². The number of carbonyl (C=O) groups is 2. The summed E-state index contributed by atoms with van der Waals surface area (Å²) < 4.78 is 0. The number of phenolic OH excluding ortho intramolecular Hbond substituents is 2. The zero-order chi connectivity index (χ0) is 15.4. The van der Waals surface area contributed by atoms with Gasteiger partial charge in [0.05, 0.1) is 29.6 Å². The van der Waals surface area contributed by atoms with Crippen molar-refractivity contribution in [2.75, 3.05) is 5.32 Å². The first-order valence-electron chi connectivity index (χ1n) is 5.96. The number of aromatic hydroxyl groups is 2. The Balaban J connectivity index is 2.12. The Bertz CT molecular complexity index is 682. The van der Waals surface area contributed by atoms with Crippen molar-refractivity contribution < 1.29 is 24.9 Å². The summed E-state index contributed by atoms with van der Waals surface area (Å²) in [5, 5.41) is 30.0. The van der Waals surface area contributed by atoms with Crippen LogP contribution in [-0.4, -0.2) is 32.2 Å². The molecule has 1 amide bonds. The summed E-state index contributed by atoms with van der Waals surface area (Å²) in [5.74, 6) is -2.02. The number of aliphatic carboxylic acids is 1. The van der Waals surface area contributed by atoms with Crippen molar-refractivity contribution in [3.63, 3.8) is 0 Å². The van der Waals surface area contributed by atoms with Gasteiger partial charge in [-0.3, -0.25) is 14.6 Å². The Morgan fingerprint density at radius 1 is 1.14 bits per heavy atom. The molecule has 1 heterocycles. The number of phenols is 2. The Hall–Kier alpha value is -3.09. The van der Waals surface area contributed by atoms with Gasteiger partial charge in [-0.25, -0.2) is 0 Å². The van der Waals surface area contributed by atoms with Crippen LogP contribution < -0.4 is 5.32 Å². The lowest BCUT2D eigenvalue weighted by atomic mass is 10.1. The van der Waals surface area contributed by atoms with Crippen LogP contribution in [0, 0.1) is 0 Å². The third-order valence-electron chi connectivity index (χ3n) is 2.64. The van der Waals surface area contributed by atoms with Crippen LogP contribution in [0.4, 0.5) is 5.69 Å². The molecule has 4 N–H and O–H groups in total. The standard InChI is InChI=1S/C14H12N2O5/c17-10-3-4-12(18)11(6-10)14(21)16-9-2-1-8(15-7-9)5-13(19)20/h1-4,6-7,17-18H,5H2,(H,16,21)(H,19,20). The number of nitrogens with one attached hydrogen (secondary N) is 1. The molecule has 2 rings (SSSR count). The second kappa shape index (κ2) is 5.91. The molecule has 0 radical (unpaired) electrons. The first-order chi connectivity index (χ1) is 9.95. The van der Waals surface area contributed by atoms with Gasteiger partial charge in [-0.05, 0) is 30.3 Å². The summed E-state index contributed by atoms with van der Waals surface area (Å²) >= 11 is 0. The summed E-state index contributed by atoms with van der Waals surface area (Å²) in [6, 6.07) is 6.58. The number of aromatic nitrogens is 1. The van der Waals surface area contributed by atoms with Gasteiger partial charge < -0.3 is 20.6 Å². The molecule has 108 valence electrons. The zero-order valence-electron chi connectivity index (χ0n) is 10.8. The van der Waals surface area contributed by atoms with Gasteiger partial charge in [0.25, 0.3) is 5.91 Å². The molecule has 0 spiro atoms. The number of carboxylic acids is 1. The number of hydrogen-bond donors (Lipinski definition) is 4. The Morgan fingerprint density at radius 3 is 2.52 bits per heavy atom. The van der Waals surface area contributed by atoms with E-state index in [1.165, 1.54) is 30.5 Å². The van der Waals surface area contributed by atoms with Crippen molar-refractivity contribution in [3.8, 4) is 11.5 Å². The number of benzene rings is 1. The van der Waals surface area contributed by atoms with Crippen LogP contribution in [0.3, 0.4) is 0 Å². The fraction of sp³-hybridized carbons (Fsp3) is 0.0714. The zero-order valence-corrected chi connectivity index (χ0v) is 10.8. The normalized spacial score (nSPS) is 10.1. The van der Waals surface area contributed by atoms with E-state index in [1.807, 2.05) is 0 Å². The van der Waals surface area contributed by atoms with Crippen molar-refractivity contribution in [1.82, 2.24) is 4.98 Å². The van der Waals surface area contributed by atoms with E-state index in [2.05, 4.69) is 10.3 Å². The maximum Gasteiger partial charge on any atom is 0.309 e. The van der Waals surface area contributed by atoms with Crippen molar-refractivity contribution in [1.29, 1.82) is 0 Å². The SMILES string of the molecule is O=C(O)Cc1ccc(NC(=O)c2cc(O)ccc2O)cn1. The van der Waals surface area contributed by atoms with Crippen molar-refractivity contribution in [3.05, 3.63) is 47.8 Å². The summed E-state index contributed by atoms with van der Waals surface area (Å²) in [7, 11) is 0. The highest BCUT2D eigenvalue weighted by molar-refractivity contribution is 6.06. The molecule has 1 aromatic heterocycles. The molecule has 0 aliphatic rings. The molecule has 0 aliphatic carbocycles. The molecule has 7 nitrogen and oxygen atoms in total. The van der Waals surface area contributed by atoms with E-state index < -0.39 is 11.9 Å². The highest BCUT2D eigenvalue weighted by atomic mass is 16.4. The van der Waals surface area contributed by atoms with Gasteiger partial charge in [0.15, 0.2) is 0 Å². The average molecular weight is 288 g/mol. The molecule has 7 heteroatoms. The molecule has 0 saturated carbocycles. The molecule has 0 saturated heterocycles. The first kappa shape index (κ1) is 14.3. The van der Waals surface area contributed by atoms with E-state index in [4.69, 9.17) is 5.11 Å². The van der Waals surface area contributed by atoms with Crippen LogP contribution in [0.2, 0.25) is 0 Å². The number of rotatable bonds is 4. The number of pyridine rings is 1. The summed E-state index contributed by atoms with van der Waals surface area (Å²) in [6.45, 7) is 0. The highest BCUT2D eigenvalue weighted by Gasteiger charge is 2.12. The third-order valence-corrected chi connectivity index (χ3v) is 2.64. The predicted molar refractivity (Wildman–Crippen MR) is 73.3 cm³/mol. The maximum absolute atomic E-state index is 11.9. The fourth-order valence-corrected chi connectivity index (χ4v) is 1.66. The first-order valence-corrected chi connectivity index (χ1v) is 5.96. The summed E-state index contributed by atoms with van der Waals surface area (Å²) in [6.07, 6.45) is 1.11. The van der Waals surface area contributed by atoms with Crippen LogP contribution in [-0.2, 0) is 11.2 Å². The second-order valence-electron chi connectivity index (χ2n) is 4.26. The molecule has 2 aromatic rings. The number of nitrogens with zero attached hydrogens (tertiary/aromatic N) is 1. The molecule has 0 bridgehead atoms. The number of amides is 1. The molecular formula is C14H12N2O5. The molecule has 0 atom stereocenters. The van der Waals surface area contributed by atoms with Crippen molar-refractivity contribution in [2.45, 2.75) is 6.42 Å². The van der Waals surface area contributed by atoms with Gasteiger partial charge in [-0.1, -0.05) is 0 Å². The molecule has 0 aliphatic heterocycles. The molecular weight excluding hydrogens is 276 g/mol. The quantitative estimate of drug-likeness (QED) is 0.631. The predicted octanol–water partition coefficient (Wildman–Crippen LogP) is 1.37. The van der Waals surface area contributed by atoms with Gasteiger partial charge in [0.2, 0.25) is 0 Å². The van der Waals surface area contributed by atoms with Gasteiger partial charge in [0, 0.05) is 0 Å². The molecule has 1 aromatic carbocycles. The van der Waals surface area contributed by atoms with Crippen LogP contribution in [0.15, 0.2) is 36.5 Å². The Labute approximate surface area is 119 Å². The average Bonchev–Trinajstić information content (AvgIpc) is 2.43. The smallest absolute Gasteiger partial charge is 0.309 e. The minimum Gasteiger partial charge on any atom is -0.508 e. The summed E-state index contributed by atoms with van der Waals surface area (Å²) in [4.78, 5) is 26.4. The minimum absolute atomic E-state index is 0.0791. The molecule has 0 unspecified atom stereocenters. The van der Waals surface area contributed by atoms with E-state index in [9.17, 15) is 19.8 Å². The number of carbonyl (C=O) groups excluding carboxylic acids is 1. The largest absolute Gasteiger partial charge is 0.508 e. The topological polar surface area (TPSA) is 120 Å².